The van der Waals surface area contributed by atoms with Gasteiger partial charge in [0, 0.05) is 31.9 Å². The molecule has 1 amide bonds. The summed E-state index contributed by atoms with van der Waals surface area (Å²) in [6, 6.07) is 7.45. The van der Waals surface area contributed by atoms with Gasteiger partial charge in [-0.3, -0.25) is 4.79 Å². The summed E-state index contributed by atoms with van der Waals surface area (Å²) in [4.78, 5) is 12.5. The lowest BCUT2D eigenvalue weighted by atomic mass is 9.95. The Morgan fingerprint density at radius 3 is 2.57 bits per heavy atom. The van der Waals surface area contributed by atoms with Gasteiger partial charge in [-0.15, -0.1) is 0 Å². The topological polar surface area (TPSA) is 78.5 Å². The van der Waals surface area contributed by atoms with Gasteiger partial charge in [-0.05, 0) is 38.5 Å². The number of benzene rings is 1. The van der Waals surface area contributed by atoms with Gasteiger partial charge in [0.25, 0.3) is 0 Å². The Morgan fingerprint density at radius 2 is 1.96 bits per heavy atom. The average Bonchev–Trinajstić information content (AvgIpc) is 2.47. The average molecular weight is 339 g/mol. The number of nitrogens with one attached hydrogen (secondary N) is 2. The van der Waals surface area contributed by atoms with Gasteiger partial charge >= 0.3 is 0 Å². The van der Waals surface area contributed by atoms with Crippen molar-refractivity contribution < 1.29 is 13.2 Å². The highest BCUT2D eigenvalue weighted by Crippen LogP contribution is 2.23. The van der Waals surface area contributed by atoms with Crippen molar-refractivity contribution >= 4 is 21.6 Å². The Bertz CT molecular complexity index is 665. The molecule has 6 nitrogen and oxygen atoms in total. The fourth-order valence-electron chi connectivity index (χ4n) is 2.56. The molecule has 1 heterocycles. The van der Waals surface area contributed by atoms with Gasteiger partial charge in [-0.25, -0.2) is 8.42 Å². The molecule has 0 atom stereocenters. The second-order valence-electron chi connectivity index (χ2n) is 6.61. The molecule has 7 heteroatoms. The predicted octanol–water partition coefficient (Wildman–Crippen LogP) is 1.19. The molecule has 1 aliphatic heterocycles. The Kier molecular flexibility index (Phi) is 5.44. The minimum Gasteiger partial charge on any atom is -0.326 e. The molecule has 128 valence electrons. The molecule has 0 aromatic heterocycles. The lowest BCUT2D eigenvalue weighted by Crippen LogP contribution is -2.50. The molecule has 1 aromatic carbocycles. The Morgan fingerprint density at radius 1 is 1.30 bits per heavy atom. The number of aryl methyl sites for hydroxylation is 1. The van der Waals surface area contributed by atoms with Crippen molar-refractivity contribution in [3.05, 3.63) is 29.8 Å². The lowest BCUT2D eigenvalue weighted by molar-refractivity contribution is -0.123. The third-order valence-corrected chi connectivity index (χ3v) is 6.14. The van der Waals surface area contributed by atoms with Crippen molar-refractivity contribution in [2.75, 3.05) is 37.2 Å². The first-order valence-electron chi connectivity index (χ1n) is 7.77. The summed E-state index contributed by atoms with van der Waals surface area (Å²) in [5.74, 6) is -0.487. The fraction of sp³-hybridized carbons (Fsp3) is 0.562. The molecule has 1 fully saturated rings. The van der Waals surface area contributed by atoms with Crippen LogP contribution < -0.4 is 10.6 Å². The largest absolute Gasteiger partial charge is 0.326 e. The van der Waals surface area contributed by atoms with E-state index in [1.54, 1.807) is 19.9 Å². The number of hydrogen-bond donors (Lipinski definition) is 2. The number of piperazine rings is 1. The van der Waals surface area contributed by atoms with Gasteiger partial charge < -0.3 is 10.6 Å². The zero-order valence-electron chi connectivity index (χ0n) is 13.9. The molecule has 23 heavy (non-hydrogen) atoms. The first kappa shape index (κ1) is 17.9. The van der Waals surface area contributed by atoms with E-state index >= 15 is 0 Å². The third-order valence-electron chi connectivity index (χ3n) is 3.90. The van der Waals surface area contributed by atoms with Crippen LogP contribution in [0.2, 0.25) is 0 Å². The first-order valence-corrected chi connectivity index (χ1v) is 9.38. The van der Waals surface area contributed by atoms with Crippen molar-refractivity contribution in [3.8, 4) is 0 Å². The van der Waals surface area contributed by atoms with Crippen molar-refractivity contribution in [2.45, 2.75) is 20.8 Å². The Labute approximate surface area is 138 Å². The van der Waals surface area contributed by atoms with Crippen LogP contribution in [0.1, 0.15) is 19.4 Å². The number of rotatable bonds is 5. The monoisotopic (exact) mass is 339 g/mol. The number of carbonyl (C=O) groups is 1. The van der Waals surface area contributed by atoms with Crippen molar-refractivity contribution in [1.29, 1.82) is 0 Å². The molecule has 1 saturated heterocycles. The smallest absolute Gasteiger partial charge is 0.231 e. The van der Waals surface area contributed by atoms with E-state index in [-0.39, 0.29) is 11.7 Å². The minimum absolute atomic E-state index is 0.197. The van der Waals surface area contributed by atoms with E-state index in [1.165, 1.54) is 4.31 Å². The van der Waals surface area contributed by atoms with Crippen LogP contribution in [-0.2, 0) is 14.8 Å². The van der Waals surface area contributed by atoms with Gasteiger partial charge in [0.15, 0.2) is 0 Å². The SMILES string of the molecule is Cc1cccc(NC(=O)C(C)(C)CS(=O)(=O)N2CCNCC2)c1. The number of amides is 1. The summed E-state index contributed by atoms with van der Waals surface area (Å²) in [6.45, 7) is 7.48. The van der Waals surface area contributed by atoms with Gasteiger partial charge in [0.2, 0.25) is 15.9 Å². The highest BCUT2D eigenvalue weighted by Gasteiger charge is 2.36. The van der Waals surface area contributed by atoms with Crippen molar-refractivity contribution in [3.63, 3.8) is 0 Å². The highest BCUT2D eigenvalue weighted by molar-refractivity contribution is 7.89. The van der Waals surface area contributed by atoms with E-state index in [0.717, 1.165) is 5.56 Å². The van der Waals surface area contributed by atoms with E-state index in [1.807, 2.05) is 25.1 Å². The quantitative estimate of drug-likeness (QED) is 0.845. The fourth-order valence-corrected chi connectivity index (χ4v) is 4.52. The predicted molar refractivity (Wildman–Crippen MR) is 91.8 cm³/mol. The molecule has 0 spiro atoms. The Hall–Kier alpha value is -1.44. The highest BCUT2D eigenvalue weighted by atomic mass is 32.2. The van der Waals surface area contributed by atoms with Crippen LogP contribution in [-0.4, -0.2) is 50.6 Å². The number of anilines is 1. The summed E-state index contributed by atoms with van der Waals surface area (Å²) in [7, 11) is -3.45. The summed E-state index contributed by atoms with van der Waals surface area (Å²) in [6.07, 6.45) is 0. The maximum absolute atomic E-state index is 12.5. The third kappa shape index (κ3) is 4.76. The van der Waals surface area contributed by atoms with Gasteiger partial charge in [0.05, 0.1) is 11.2 Å². The second kappa shape index (κ2) is 6.98. The summed E-state index contributed by atoms with van der Waals surface area (Å²) >= 11 is 0. The number of nitrogens with zero attached hydrogens (tertiary/aromatic N) is 1. The van der Waals surface area contributed by atoms with Crippen LogP contribution in [0.15, 0.2) is 24.3 Å². The molecule has 2 N–H and O–H groups in total. The zero-order chi connectivity index (χ0) is 17.1. The molecule has 0 radical (unpaired) electrons. The van der Waals surface area contributed by atoms with Gasteiger partial charge in [0.1, 0.15) is 0 Å². The van der Waals surface area contributed by atoms with Crippen LogP contribution in [0.5, 0.6) is 0 Å². The summed E-state index contributed by atoms with van der Waals surface area (Å²) in [5.41, 5.74) is 0.713. The molecule has 1 aliphatic rings. The molecule has 0 aliphatic carbocycles. The number of sulfonamides is 1. The van der Waals surface area contributed by atoms with Crippen molar-refractivity contribution in [2.24, 2.45) is 5.41 Å². The van der Waals surface area contributed by atoms with E-state index in [2.05, 4.69) is 10.6 Å². The maximum atomic E-state index is 12.5. The number of hydrogen-bond acceptors (Lipinski definition) is 4. The maximum Gasteiger partial charge on any atom is 0.231 e. The molecular weight excluding hydrogens is 314 g/mol. The van der Waals surface area contributed by atoms with E-state index < -0.39 is 15.4 Å². The van der Waals surface area contributed by atoms with E-state index in [0.29, 0.717) is 31.9 Å². The Balaban J connectivity index is 2.06. The second-order valence-corrected chi connectivity index (χ2v) is 8.58. The first-order chi connectivity index (χ1) is 10.7. The van der Waals surface area contributed by atoms with Crippen molar-refractivity contribution in [1.82, 2.24) is 9.62 Å². The van der Waals surface area contributed by atoms with Crippen LogP contribution in [0.4, 0.5) is 5.69 Å². The molecule has 0 saturated carbocycles. The van der Waals surface area contributed by atoms with Crippen LogP contribution in [0.3, 0.4) is 0 Å². The van der Waals surface area contributed by atoms with Gasteiger partial charge in [-0.1, -0.05) is 12.1 Å². The molecule has 0 bridgehead atoms. The van der Waals surface area contributed by atoms with E-state index in [4.69, 9.17) is 0 Å². The molecule has 1 aromatic rings. The normalized spacial score (nSPS) is 17.0. The van der Waals surface area contributed by atoms with Crippen LogP contribution in [0, 0.1) is 12.3 Å². The zero-order valence-corrected chi connectivity index (χ0v) is 14.7. The summed E-state index contributed by atoms with van der Waals surface area (Å²) in [5, 5.41) is 5.94. The molecular formula is C16H25N3O3S. The number of carbonyl (C=O) groups excluding carboxylic acids is 1. The molecule has 0 unspecified atom stereocenters. The van der Waals surface area contributed by atoms with Gasteiger partial charge in [-0.2, -0.15) is 4.31 Å². The lowest BCUT2D eigenvalue weighted by Gasteiger charge is -2.30. The summed E-state index contributed by atoms with van der Waals surface area (Å²) < 4.78 is 26.5. The van der Waals surface area contributed by atoms with Crippen LogP contribution in [0.25, 0.3) is 0 Å². The standard InChI is InChI=1S/C16H25N3O3S/c1-13-5-4-6-14(11-13)18-15(20)16(2,3)12-23(21,22)19-9-7-17-8-10-19/h4-6,11,17H,7-10,12H2,1-3H3,(H,18,20). The van der Waals surface area contributed by atoms with E-state index in [9.17, 15) is 13.2 Å². The minimum atomic E-state index is -3.45. The van der Waals surface area contributed by atoms with Crippen LogP contribution >= 0.6 is 0 Å². The molecule has 2 rings (SSSR count).